The molecule has 1 aromatic heterocycles. The number of rotatable bonds is 9. The molecule has 0 amide bonds. The van der Waals surface area contributed by atoms with Gasteiger partial charge in [-0.3, -0.25) is 4.90 Å². The van der Waals surface area contributed by atoms with Crippen LogP contribution in [0.4, 0.5) is 5.82 Å². The third kappa shape index (κ3) is 6.81. The number of terminal acetylenes is 1. The molecule has 1 N–H and O–H groups in total. The van der Waals surface area contributed by atoms with Crippen molar-refractivity contribution in [2.45, 2.75) is 19.4 Å². The zero-order valence-corrected chi connectivity index (χ0v) is 20.8. The first-order chi connectivity index (χ1) is 17.0. The second-order valence-corrected chi connectivity index (χ2v) is 9.20. The van der Waals surface area contributed by atoms with Gasteiger partial charge < -0.3 is 14.7 Å². The molecular weight excluding hydrogens is 460 g/mol. The standard InChI is InChI=1S/C28H31ClN4O2/c1-3-17-35-20-25(34)19-32-13-15-33(16-14-32)28-26(18-22-9-11-24(29)12-10-22)21(2)30-27(31-28)23-7-5-4-6-8-23/h1,4-12,25,34H,13-20H2,2H3. The molecule has 0 bridgehead atoms. The van der Waals surface area contributed by atoms with E-state index in [2.05, 4.69) is 34.8 Å². The van der Waals surface area contributed by atoms with E-state index in [1.54, 1.807) is 0 Å². The highest BCUT2D eigenvalue weighted by Gasteiger charge is 2.24. The molecule has 1 fully saturated rings. The number of hydrogen-bond donors (Lipinski definition) is 1. The zero-order chi connectivity index (χ0) is 24.6. The molecule has 1 unspecified atom stereocenters. The van der Waals surface area contributed by atoms with Gasteiger partial charge in [-0.25, -0.2) is 9.97 Å². The molecule has 1 aliphatic heterocycles. The van der Waals surface area contributed by atoms with Crippen LogP contribution >= 0.6 is 11.6 Å². The Morgan fingerprint density at radius 1 is 1.06 bits per heavy atom. The number of aliphatic hydroxyl groups is 1. The lowest BCUT2D eigenvalue weighted by Crippen LogP contribution is -2.49. The Morgan fingerprint density at radius 3 is 2.46 bits per heavy atom. The van der Waals surface area contributed by atoms with Crippen LogP contribution in [0, 0.1) is 19.3 Å². The van der Waals surface area contributed by atoms with E-state index in [1.807, 2.05) is 42.5 Å². The van der Waals surface area contributed by atoms with E-state index < -0.39 is 6.10 Å². The summed E-state index contributed by atoms with van der Waals surface area (Å²) in [6.07, 6.45) is 5.39. The lowest BCUT2D eigenvalue weighted by Gasteiger charge is -2.37. The van der Waals surface area contributed by atoms with E-state index in [1.165, 1.54) is 5.56 Å². The van der Waals surface area contributed by atoms with E-state index in [-0.39, 0.29) is 13.2 Å². The highest BCUT2D eigenvalue weighted by atomic mass is 35.5. The summed E-state index contributed by atoms with van der Waals surface area (Å²) in [4.78, 5) is 14.5. The Morgan fingerprint density at radius 2 is 1.77 bits per heavy atom. The maximum Gasteiger partial charge on any atom is 0.161 e. The summed E-state index contributed by atoms with van der Waals surface area (Å²) in [7, 11) is 0. The minimum atomic E-state index is -0.554. The highest BCUT2D eigenvalue weighted by Crippen LogP contribution is 2.28. The third-order valence-electron chi connectivity index (χ3n) is 6.15. The maximum absolute atomic E-state index is 10.3. The molecule has 3 aromatic rings. The normalized spacial score (nSPS) is 15.1. The fraction of sp³-hybridized carbons (Fsp3) is 0.357. The number of aromatic nitrogens is 2. The number of halogens is 1. The smallest absolute Gasteiger partial charge is 0.161 e. The minimum absolute atomic E-state index is 0.220. The van der Waals surface area contributed by atoms with Crippen molar-refractivity contribution in [3.05, 3.63) is 76.4 Å². The second kappa shape index (κ2) is 12.1. The lowest BCUT2D eigenvalue weighted by atomic mass is 10.0. The van der Waals surface area contributed by atoms with Gasteiger partial charge in [0.25, 0.3) is 0 Å². The average molecular weight is 491 g/mol. The van der Waals surface area contributed by atoms with Crippen LogP contribution < -0.4 is 4.90 Å². The molecule has 1 aliphatic rings. The molecule has 182 valence electrons. The van der Waals surface area contributed by atoms with Gasteiger partial charge in [-0.05, 0) is 24.6 Å². The molecule has 0 spiro atoms. The van der Waals surface area contributed by atoms with Gasteiger partial charge in [-0.2, -0.15) is 0 Å². The van der Waals surface area contributed by atoms with Gasteiger partial charge in [0.2, 0.25) is 0 Å². The predicted molar refractivity (Wildman–Crippen MR) is 141 cm³/mol. The number of hydrogen-bond acceptors (Lipinski definition) is 6. The Labute approximate surface area is 212 Å². The summed E-state index contributed by atoms with van der Waals surface area (Å²) in [5, 5.41) is 11.0. The molecule has 2 heterocycles. The van der Waals surface area contributed by atoms with Crippen molar-refractivity contribution < 1.29 is 9.84 Å². The molecular formula is C28H31ClN4O2. The molecule has 1 saturated heterocycles. The fourth-order valence-corrected chi connectivity index (χ4v) is 4.45. The van der Waals surface area contributed by atoms with Gasteiger partial charge in [0, 0.05) is 61.0 Å². The van der Waals surface area contributed by atoms with Crippen LogP contribution in [0.5, 0.6) is 0 Å². The van der Waals surface area contributed by atoms with Crippen LogP contribution in [-0.2, 0) is 11.2 Å². The first-order valence-corrected chi connectivity index (χ1v) is 12.2. The number of aliphatic hydroxyl groups excluding tert-OH is 1. The Balaban J connectivity index is 1.54. The lowest BCUT2D eigenvalue weighted by molar-refractivity contribution is 0.0267. The number of piperazine rings is 1. The van der Waals surface area contributed by atoms with Crippen molar-refractivity contribution in [3.63, 3.8) is 0 Å². The topological polar surface area (TPSA) is 61.7 Å². The summed E-state index contributed by atoms with van der Waals surface area (Å²) in [6.45, 7) is 6.39. The Kier molecular flexibility index (Phi) is 8.73. The van der Waals surface area contributed by atoms with Crippen LogP contribution in [0.1, 0.15) is 16.8 Å². The van der Waals surface area contributed by atoms with E-state index >= 15 is 0 Å². The zero-order valence-electron chi connectivity index (χ0n) is 20.0. The number of anilines is 1. The van der Waals surface area contributed by atoms with Gasteiger partial charge in [0.15, 0.2) is 5.82 Å². The number of benzene rings is 2. The van der Waals surface area contributed by atoms with Crippen LogP contribution in [0.15, 0.2) is 54.6 Å². The summed E-state index contributed by atoms with van der Waals surface area (Å²) < 4.78 is 5.28. The van der Waals surface area contributed by atoms with Crippen molar-refractivity contribution in [1.29, 1.82) is 0 Å². The van der Waals surface area contributed by atoms with Crippen molar-refractivity contribution in [2.75, 3.05) is 50.8 Å². The summed E-state index contributed by atoms with van der Waals surface area (Å²) in [6, 6.07) is 18.0. The second-order valence-electron chi connectivity index (χ2n) is 8.76. The first-order valence-electron chi connectivity index (χ1n) is 11.9. The SMILES string of the molecule is C#CCOCC(O)CN1CCN(c2nc(-c3ccccc3)nc(C)c2Cc2ccc(Cl)cc2)CC1. The van der Waals surface area contributed by atoms with Crippen LogP contribution in [-0.4, -0.2) is 72.0 Å². The van der Waals surface area contributed by atoms with Gasteiger partial charge in [0.1, 0.15) is 12.4 Å². The molecule has 2 aromatic carbocycles. The van der Waals surface area contributed by atoms with Crippen molar-refractivity contribution in [3.8, 4) is 23.7 Å². The number of nitrogens with zero attached hydrogens (tertiary/aromatic N) is 4. The van der Waals surface area contributed by atoms with Crippen LogP contribution in [0.3, 0.4) is 0 Å². The maximum atomic E-state index is 10.3. The average Bonchev–Trinajstić information content (AvgIpc) is 2.87. The van der Waals surface area contributed by atoms with Crippen LogP contribution in [0.2, 0.25) is 5.02 Å². The summed E-state index contributed by atoms with van der Waals surface area (Å²) >= 11 is 6.10. The highest BCUT2D eigenvalue weighted by molar-refractivity contribution is 6.30. The summed E-state index contributed by atoms with van der Waals surface area (Å²) in [5.41, 5.74) is 4.28. The van der Waals surface area contributed by atoms with Gasteiger partial charge in [0.05, 0.1) is 12.7 Å². The number of β-amino-alcohol motifs (C(OH)–C–C–N with tert-alkyl or cyclic N) is 1. The largest absolute Gasteiger partial charge is 0.389 e. The fourth-order valence-electron chi connectivity index (χ4n) is 4.32. The first kappa shape index (κ1) is 25.2. The molecule has 4 rings (SSSR count). The molecule has 7 heteroatoms. The minimum Gasteiger partial charge on any atom is -0.389 e. The molecule has 6 nitrogen and oxygen atoms in total. The van der Waals surface area contributed by atoms with Crippen molar-refractivity contribution >= 4 is 17.4 Å². The van der Waals surface area contributed by atoms with Crippen molar-refractivity contribution in [2.24, 2.45) is 0 Å². The van der Waals surface area contributed by atoms with Gasteiger partial charge in [-0.15, -0.1) is 6.42 Å². The number of aryl methyl sites for hydroxylation is 1. The molecule has 0 saturated carbocycles. The molecule has 1 atom stereocenters. The number of ether oxygens (including phenoxy) is 1. The molecule has 0 radical (unpaired) electrons. The van der Waals surface area contributed by atoms with E-state index in [4.69, 9.17) is 32.7 Å². The van der Waals surface area contributed by atoms with Crippen molar-refractivity contribution in [1.82, 2.24) is 14.9 Å². The molecule has 0 aliphatic carbocycles. The van der Waals surface area contributed by atoms with E-state index in [9.17, 15) is 5.11 Å². The van der Waals surface area contributed by atoms with Crippen LogP contribution in [0.25, 0.3) is 11.4 Å². The third-order valence-corrected chi connectivity index (χ3v) is 6.41. The quantitative estimate of drug-likeness (QED) is 0.363. The van der Waals surface area contributed by atoms with Gasteiger partial charge >= 0.3 is 0 Å². The van der Waals surface area contributed by atoms with E-state index in [0.29, 0.717) is 6.54 Å². The van der Waals surface area contributed by atoms with E-state index in [0.717, 1.165) is 66.1 Å². The predicted octanol–water partition coefficient (Wildman–Crippen LogP) is 3.83. The Bertz CT molecular complexity index is 1140. The summed E-state index contributed by atoms with van der Waals surface area (Å²) in [5.74, 6) is 4.14. The van der Waals surface area contributed by atoms with Gasteiger partial charge in [-0.1, -0.05) is 60.0 Å². The monoisotopic (exact) mass is 490 g/mol. The Hall–Kier alpha value is -2.95. The molecule has 35 heavy (non-hydrogen) atoms.